The molecule has 2 unspecified atom stereocenters. The summed E-state index contributed by atoms with van der Waals surface area (Å²) in [5.74, 6) is 0.383. The highest BCUT2D eigenvalue weighted by Crippen LogP contribution is 2.26. The van der Waals surface area contributed by atoms with Gasteiger partial charge in [0, 0.05) is 22.9 Å². The number of aromatic nitrogens is 2. The minimum atomic E-state index is -0.0837. The van der Waals surface area contributed by atoms with Gasteiger partial charge >= 0.3 is 0 Å². The van der Waals surface area contributed by atoms with Crippen molar-refractivity contribution in [1.29, 1.82) is 5.26 Å². The van der Waals surface area contributed by atoms with Crippen LogP contribution in [0.15, 0.2) is 41.1 Å². The van der Waals surface area contributed by atoms with Gasteiger partial charge in [-0.15, -0.1) is 0 Å². The van der Waals surface area contributed by atoms with Crippen LogP contribution in [0.4, 0.5) is 0 Å². The van der Waals surface area contributed by atoms with Crippen molar-refractivity contribution in [3.63, 3.8) is 0 Å². The largest absolute Gasteiger partial charge is 0.326 e. The lowest BCUT2D eigenvalue weighted by Crippen LogP contribution is -2.32. The van der Waals surface area contributed by atoms with Gasteiger partial charge in [-0.25, -0.2) is 4.98 Å². The molecule has 2 N–H and O–H groups in total. The molecule has 2 rings (SSSR count). The van der Waals surface area contributed by atoms with Crippen LogP contribution >= 0.6 is 15.9 Å². The van der Waals surface area contributed by atoms with Gasteiger partial charge in [0.05, 0.1) is 6.04 Å². The zero-order valence-electron chi connectivity index (χ0n) is 10.6. The second kappa shape index (κ2) is 6.00. The molecule has 0 aliphatic carbocycles. The van der Waals surface area contributed by atoms with E-state index in [9.17, 15) is 0 Å². The molecule has 5 heteroatoms. The number of nitriles is 1. The molecule has 19 heavy (non-hydrogen) atoms. The molecule has 4 nitrogen and oxygen atoms in total. The van der Waals surface area contributed by atoms with Crippen LogP contribution in [0, 0.1) is 11.3 Å². The van der Waals surface area contributed by atoms with Gasteiger partial charge in [0.2, 0.25) is 5.82 Å². The SMILES string of the molecule is CCC(N)C(c1cccc(Br)c1)n1ccnc1C#N. The Balaban J connectivity index is 2.51. The Labute approximate surface area is 121 Å². The molecule has 0 aliphatic rings. The molecule has 98 valence electrons. The third kappa shape index (κ3) is 2.86. The molecular weight excluding hydrogens is 304 g/mol. The number of imidazole rings is 1. The molecule has 2 aromatic rings. The van der Waals surface area contributed by atoms with Crippen molar-refractivity contribution in [2.24, 2.45) is 5.73 Å². The number of halogens is 1. The van der Waals surface area contributed by atoms with E-state index in [0.717, 1.165) is 16.5 Å². The molecule has 0 fully saturated rings. The molecule has 0 amide bonds. The molecule has 0 spiro atoms. The summed E-state index contributed by atoms with van der Waals surface area (Å²) in [5, 5.41) is 9.13. The van der Waals surface area contributed by atoms with Gasteiger partial charge in [0.15, 0.2) is 0 Å². The van der Waals surface area contributed by atoms with Crippen molar-refractivity contribution in [1.82, 2.24) is 9.55 Å². The maximum Gasteiger partial charge on any atom is 0.213 e. The average Bonchev–Trinajstić information content (AvgIpc) is 2.87. The van der Waals surface area contributed by atoms with Gasteiger partial charge in [-0.05, 0) is 24.1 Å². The van der Waals surface area contributed by atoms with E-state index in [4.69, 9.17) is 11.0 Å². The summed E-state index contributed by atoms with van der Waals surface area (Å²) in [5.41, 5.74) is 7.31. The summed E-state index contributed by atoms with van der Waals surface area (Å²) in [6.45, 7) is 2.04. The van der Waals surface area contributed by atoms with E-state index < -0.39 is 0 Å². The van der Waals surface area contributed by atoms with Crippen LogP contribution in [0.5, 0.6) is 0 Å². The topological polar surface area (TPSA) is 67.6 Å². The fraction of sp³-hybridized carbons (Fsp3) is 0.286. The van der Waals surface area contributed by atoms with Crippen LogP contribution < -0.4 is 5.73 Å². The standard InChI is InChI=1S/C14H15BrN4/c1-2-12(17)14(10-4-3-5-11(15)8-10)19-7-6-18-13(19)9-16/h3-8,12,14H,2,17H2,1H3. The minimum Gasteiger partial charge on any atom is -0.326 e. The van der Waals surface area contributed by atoms with E-state index in [0.29, 0.717) is 5.82 Å². The van der Waals surface area contributed by atoms with E-state index >= 15 is 0 Å². The lowest BCUT2D eigenvalue weighted by atomic mass is 9.97. The Morgan fingerprint density at radius 1 is 1.53 bits per heavy atom. The van der Waals surface area contributed by atoms with Crippen LogP contribution in [-0.2, 0) is 0 Å². The van der Waals surface area contributed by atoms with Crippen molar-refractivity contribution >= 4 is 15.9 Å². The van der Waals surface area contributed by atoms with Gasteiger partial charge in [0.1, 0.15) is 6.07 Å². The number of benzene rings is 1. The average molecular weight is 319 g/mol. The Morgan fingerprint density at radius 3 is 2.95 bits per heavy atom. The van der Waals surface area contributed by atoms with E-state index in [1.165, 1.54) is 0 Å². The molecule has 0 saturated carbocycles. The number of nitrogens with zero attached hydrogens (tertiary/aromatic N) is 3. The molecular formula is C14H15BrN4. The highest BCUT2D eigenvalue weighted by molar-refractivity contribution is 9.10. The smallest absolute Gasteiger partial charge is 0.213 e. The Bertz CT molecular complexity index is 599. The fourth-order valence-corrected chi connectivity index (χ4v) is 2.57. The molecule has 2 atom stereocenters. The molecule has 1 aromatic carbocycles. The first kappa shape index (κ1) is 13.8. The van der Waals surface area contributed by atoms with Gasteiger partial charge < -0.3 is 10.3 Å². The van der Waals surface area contributed by atoms with Crippen molar-refractivity contribution in [3.8, 4) is 6.07 Å². The third-order valence-corrected chi connectivity index (χ3v) is 3.63. The van der Waals surface area contributed by atoms with E-state index in [1.54, 1.807) is 12.4 Å². The second-order valence-electron chi connectivity index (χ2n) is 4.34. The number of rotatable bonds is 4. The van der Waals surface area contributed by atoms with Crippen LogP contribution in [0.1, 0.15) is 30.8 Å². The molecule has 0 bridgehead atoms. The zero-order valence-corrected chi connectivity index (χ0v) is 12.2. The number of hydrogen-bond acceptors (Lipinski definition) is 3. The lowest BCUT2D eigenvalue weighted by Gasteiger charge is -2.25. The number of hydrogen-bond donors (Lipinski definition) is 1. The van der Waals surface area contributed by atoms with Crippen LogP contribution in [0.25, 0.3) is 0 Å². The summed E-state index contributed by atoms with van der Waals surface area (Å²) >= 11 is 3.47. The Hall–Kier alpha value is -1.64. The molecule has 1 heterocycles. The molecule has 0 saturated heterocycles. The summed E-state index contributed by atoms with van der Waals surface area (Å²) in [6.07, 6.45) is 4.26. The maximum atomic E-state index is 9.13. The Kier molecular flexibility index (Phi) is 4.35. The first-order valence-corrected chi connectivity index (χ1v) is 6.90. The van der Waals surface area contributed by atoms with E-state index in [2.05, 4.69) is 27.0 Å². The molecule has 0 radical (unpaired) electrons. The van der Waals surface area contributed by atoms with Crippen molar-refractivity contribution in [3.05, 3.63) is 52.5 Å². The normalized spacial score (nSPS) is 13.8. The summed E-state index contributed by atoms with van der Waals surface area (Å²) < 4.78 is 2.84. The number of nitrogens with two attached hydrogens (primary N) is 1. The highest BCUT2D eigenvalue weighted by atomic mass is 79.9. The van der Waals surface area contributed by atoms with Crippen molar-refractivity contribution in [2.45, 2.75) is 25.4 Å². The minimum absolute atomic E-state index is 0.0735. The zero-order chi connectivity index (χ0) is 13.8. The van der Waals surface area contributed by atoms with Crippen LogP contribution in [-0.4, -0.2) is 15.6 Å². The van der Waals surface area contributed by atoms with Gasteiger partial charge in [-0.2, -0.15) is 5.26 Å². The second-order valence-corrected chi connectivity index (χ2v) is 5.26. The summed E-state index contributed by atoms with van der Waals surface area (Å²) in [4.78, 5) is 4.05. The quantitative estimate of drug-likeness (QED) is 0.942. The van der Waals surface area contributed by atoms with Crippen LogP contribution in [0.3, 0.4) is 0 Å². The summed E-state index contributed by atoms with van der Waals surface area (Å²) in [7, 11) is 0. The van der Waals surface area contributed by atoms with Crippen molar-refractivity contribution < 1.29 is 0 Å². The predicted molar refractivity (Wildman–Crippen MR) is 77.5 cm³/mol. The fourth-order valence-electron chi connectivity index (χ4n) is 2.15. The van der Waals surface area contributed by atoms with E-state index in [-0.39, 0.29) is 12.1 Å². The van der Waals surface area contributed by atoms with Gasteiger partial charge in [-0.1, -0.05) is 35.0 Å². The highest BCUT2D eigenvalue weighted by Gasteiger charge is 2.22. The van der Waals surface area contributed by atoms with Crippen molar-refractivity contribution in [2.75, 3.05) is 0 Å². The summed E-state index contributed by atoms with van der Waals surface area (Å²) in [6, 6.07) is 9.94. The van der Waals surface area contributed by atoms with Crippen LogP contribution in [0.2, 0.25) is 0 Å². The maximum absolute atomic E-state index is 9.13. The van der Waals surface area contributed by atoms with E-state index in [1.807, 2.05) is 35.8 Å². The predicted octanol–water partition coefficient (Wildman–Crippen LogP) is 2.84. The molecule has 0 aliphatic heterocycles. The van der Waals surface area contributed by atoms with Gasteiger partial charge in [-0.3, -0.25) is 0 Å². The Morgan fingerprint density at radius 2 is 2.32 bits per heavy atom. The third-order valence-electron chi connectivity index (χ3n) is 3.14. The monoisotopic (exact) mass is 318 g/mol. The first-order valence-electron chi connectivity index (χ1n) is 6.11. The molecule has 1 aromatic heterocycles. The lowest BCUT2D eigenvalue weighted by molar-refractivity contribution is 0.455. The van der Waals surface area contributed by atoms with Gasteiger partial charge in [0.25, 0.3) is 0 Å². The first-order chi connectivity index (χ1) is 9.17.